The second-order valence-electron chi connectivity index (χ2n) is 2.64. The van der Waals surface area contributed by atoms with Crippen LogP contribution in [0.25, 0.3) is 6.08 Å². The maximum absolute atomic E-state index is 11.1. The van der Waals surface area contributed by atoms with Crippen LogP contribution >= 0.6 is 0 Å². The Balaban J connectivity index is 2.35. The van der Waals surface area contributed by atoms with Crippen LogP contribution in [-0.4, -0.2) is 12.5 Å². The second kappa shape index (κ2) is 5.19. The summed E-state index contributed by atoms with van der Waals surface area (Å²) in [5.41, 5.74) is 0. The maximum atomic E-state index is 11.1. The van der Waals surface area contributed by atoms with E-state index in [2.05, 4.69) is 5.32 Å². The van der Waals surface area contributed by atoms with Gasteiger partial charge in [-0.05, 0) is 24.6 Å². The molecule has 13 heavy (non-hydrogen) atoms. The van der Waals surface area contributed by atoms with Crippen molar-refractivity contribution in [2.45, 2.75) is 13.3 Å². The molecule has 0 saturated heterocycles. The molecule has 1 rings (SSSR count). The van der Waals surface area contributed by atoms with Crippen molar-refractivity contribution < 1.29 is 9.21 Å². The van der Waals surface area contributed by atoms with E-state index in [1.165, 1.54) is 6.08 Å². The smallest absolute Gasteiger partial charge is 0.244 e. The average molecular weight is 179 g/mol. The number of carbonyl (C=O) groups excluding carboxylic acids is 1. The molecule has 1 amide bonds. The number of hydrogen-bond donors (Lipinski definition) is 1. The van der Waals surface area contributed by atoms with Crippen LogP contribution in [0.4, 0.5) is 0 Å². The lowest BCUT2D eigenvalue weighted by Gasteiger charge is -1.96. The first-order valence-electron chi connectivity index (χ1n) is 4.32. The highest BCUT2D eigenvalue weighted by Gasteiger charge is 1.93. The summed E-state index contributed by atoms with van der Waals surface area (Å²) in [4.78, 5) is 11.1. The Morgan fingerprint density at radius 2 is 2.54 bits per heavy atom. The van der Waals surface area contributed by atoms with Crippen molar-refractivity contribution in [3.63, 3.8) is 0 Å². The monoisotopic (exact) mass is 179 g/mol. The molecular weight excluding hydrogens is 166 g/mol. The van der Waals surface area contributed by atoms with E-state index >= 15 is 0 Å². The van der Waals surface area contributed by atoms with Crippen LogP contribution in [-0.2, 0) is 4.79 Å². The van der Waals surface area contributed by atoms with E-state index in [4.69, 9.17) is 4.42 Å². The summed E-state index contributed by atoms with van der Waals surface area (Å²) in [5, 5.41) is 2.73. The van der Waals surface area contributed by atoms with Crippen molar-refractivity contribution in [1.29, 1.82) is 0 Å². The fraction of sp³-hybridized carbons (Fsp3) is 0.300. The Morgan fingerprint density at radius 3 is 3.15 bits per heavy atom. The van der Waals surface area contributed by atoms with Crippen LogP contribution in [0.5, 0.6) is 0 Å². The number of rotatable bonds is 4. The first-order valence-corrected chi connectivity index (χ1v) is 4.32. The topological polar surface area (TPSA) is 42.2 Å². The molecule has 70 valence electrons. The van der Waals surface area contributed by atoms with Gasteiger partial charge in [0, 0.05) is 12.6 Å². The molecule has 1 aromatic rings. The number of furan rings is 1. The summed E-state index contributed by atoms with van der Waals surface area (Å²) in [6.07, 6.45) is 5.63. The zero-order valence-corrected chi connectivity index (χ0v) is 7.62. The van der Waals surface area contributed by atoms with Gasteiger partial charge in [0.2, 0.25) is 5.91 Å². The predicted octanol–water partition coefficient (Wildman–Crippen LogP) is 1.82. The van der Waals surface area contributed by atoms with Gasteiger partial charge in [-0.25, -0.2) is 0 Å². The highest BCUT2D eigenvalue weighted by molar-refractivity contribution is 5.91. The number of amides is 1. The summed E-state index contributed by atoms with van der Waals surface area (Å²) < 4.78 is 5.02. The molecule has 0 saturated carbocycles. The summed E-state index contributed by atoms with van der Waals surface area (Å²) in [6, 6.07) is 3.58. The molecule has 1 heterocycles. The third-order valence-electron chi connectivity index (χ3n) is 1.49. The first kappa shape index (κ1) is 9.58. The molecule has 1 aromatic heterocycles. The van der Waals surface area contributed by atoms with Crippen molar-refractivity contribution >= 4 is 12.0 Å². The lowest BCUT2D eigenvalue weighted by molar-refractivity contribution is -0.116. The molecule has 0 aliphatic heterocycles. The molecule has 0 atom stereocenters. The summed E-state index contributed by atoms with van der Waals surface area (Å²) in [6.45, 7) is 2.72. The summed E-state index contributed by atoms with van der Waals surface area (Å²) >= 11 is 0. The fourth-order valence-corrected chi connectivity index (χ4v) is 0.851. The van der Waals surface area contributed by atoms with E-state index in [1.807, 2.05) is 6.92 Å². The fourth-order valence-electron chi connectivity index (χ4n) is 0.851. The van der Waals surface area contributed by atoms with E-state index < -0.39 is 0 Å². The highest BCUT2D eigenvalue weighted by Crippen LogP contribution is 2.01. The standard InChI is InChI=1S/C10H13NO2/c1-2-7-11-10(12)6-5-9-4-3-8-13-9/h3-6,8H,2,7H2,1H3,(H,11,12)/b6-5+. The van der Waals surface area contributed by atoms with Crippen LogP contribution in [0.1, 0.15) is 19.1 Å². The third kappa shape index (κ3) is 3.60. The van der Waals surface area contributed by atoms with Gasteiger partial charge in [0.25, 0.3) is 0 Å². The first-order chi connectivity index (χ1) is 6.33. The van der Waals surface area contributed by atoms with Crippen LogP contribution in [0, 0.1) is 0 Å². The number of hydrogen-bond acceptors (Lipinski definition) is 2. The van der Waals surface area contributed by atoms with Crippen molar-refractivity contribution in [3.05, 3.63) is 30.2 Å². The Kier molecular flexibility index (Phi) is 3.82. The lowest BCUT2D eigenvalue weighted by Crippen LogP contribution is -2.21. The number of nitrogens with one attached hydrogen (secondary N) is 1. The van der Waals surface area contributed by atoms with Gasteiger partial charge in [-0.1, -0.05) is 6.92 Å². The Bertz CT molecular complexity index is 275. The van der Waals surface area contributed by atoms with Gasteiger partial charge >= 0.3 is 0 Å². The molecular formula is C10H13NO2. The van der Waals surface area contributed by atoms with E-state index in [9.17, 15) is 4.79 Å². The molecule has 0 aliphatic rings. The zero-order valence-electron chi connectivity index (χ0n) is 7.62. The number of carbonyl (C=O) groups is 1. The Labute approximate surface area is 77.4 Å². The minimum atomic E-state index is -0.0850. The van der Waals surface area contributed by atoms with Crippen LogP contribution < -0.4 is 5.32 Å². The average Bonchev–Trinajstić information content (AvgIpc) is 2.64. The Hall–Kier alpha value is -1.51. The minimum absolute atomic E-state index is 0.0850. The molecule has 3 nitrogen and oxygen atoms in total. The molecule has 0 fully saturated rings. The molecule has 0 radical (unpaired) electrons. The third-order valence-corrected chi connectivity index (χ3v) is 1.49. The maximum Gasteiger partial charge on any atom is 0.244 e. The molecule has 3 heteroatoms. The van der Waals surface area contributed by atoms with E-state index in [-0.39, 0.29) is 5.91 Å². The molecule has 1 N–H and O–H groups in total. The summed E-state index contributed by atoms with van der Waals surface area (Å²) in [7, 11) is 0. The van der Waals surface area contributed by atoms with Crippen LogP contribution in [0.15, 0.2) is 28.9 Å². The van der Waals surface area contributed by atoms with Crippen molar-refractivity contribution in [2.24, 2.45) is 0 Å². The van der Waals surface area contributed by atoms with Gasteiger partial charge in [-0.15, -0.1) is 0 Å². The van der Waals surface area contributed by atoms with E-state index in [1.54, 1.807) is 24.5 Å². The van der Waals surface area contributed by atoms with Crippen molar-refractivity contribution in [2.75, 3.05) is 6.54 Å². The lowest BCUT2D eigenvalue weighted by atomic mass is 10.4. The molecule has 0 aromatic carbocycles. The van der Waals surface area contributed by atoms with Gasteiger partial charge in [0.15, 0.2) is 0 Å². The highest BCUT2D eigenvalue weighted by atomic mass is 16.3. The molecule has 0 aliphatic carbocycles. The molecule has 0 unspecified atom stereocenters. The van der Waals surface area contributed by atoms with E-state index in [0.717, 1.165) is 6.42 Å². The largest absolute Gasteiger partial charge is 0.465 e. The molecule has 0 bridgehead atoms. The van der Waals surface area contributed by atoms with Gasteiger partial charge in [0.1, 0.15) is 5.76 Å². The zero-order chi connectivity index (χ0) is 9.52. The van der Waals surface area contributed by atoms with Gasteiger partial charge < -0.3 is 9.73 Å². The predicted molar refractivity (Wildman–Crippen MR) is 51.0 cm³/mol. The SMILES string of the molecule is CCCNC(=O)/C=C/c1ccco1. The summed E-state index contributed by atoms with van der Waals surface area (Å²) in [5.74, 6) is 0.602. The quantitative estimate of drug-likeness (QED) is 0.716. The minimum Gasteiger partial charge on any atom is -0.465 e. The van der Waals surface area contributed by atoms with Crippen molar-refractivity contribution in [3.8, 4) is 0 Å². The second-order valence-corrected chi connectivity index (χ2v) is 2.64. The van der Waals surface area contributed by atoms with E-state index in [0.29, 0.717) is 12.3 Å². The van der Waals surface area contributed by atoms with Crippen LogP contribution in [0.3, 0.4) is 0 Å². The molecule has 0 spiro atoms. The van der Waals surface area contributed by atoms with Crippen LogP contribution in [0.2, 0.25) is 0 Å². The van der Waals surface area contributed by atoms with Gasteiger partial charge in [0.05, 0.1) is 6.26 Å². The van der Waals surface area contributed by atoms with Crippen molar-refractivity contribution in [1.82, 2.24) is 5.32 Å². The van der Waals surface area contributed by atoms with Gasteiger partial charge in [-0.2, -0.15) is 0 Å². The van der Waals surface area contributed by atoms with Gasteiger partial charge in [-0.3, -0.25) is 4.79 Å². The normalized spacial score (nSPS) is 10.5. The Morgan fingerprint density at radius 1 is 1.69 bits per heavy atom.